The van der Waals surface area contributed by atoms with Gasteiger partial charge in [0.2, 0.25) is 0 Å². The van der Waals surface area contributed by atoms with E-state index >= 15 is 0 Å². The molecule has 74 valence electrons. The summed E-state index contributed by atoms with van der Waals surface area (Å²) in [7, 11) is 1.59. The number of nitrogens with zero attached hydrogens (tertiary/aromatic N) is 2. The molecule has 0 amide bonds. The molecule has 0 aromatic carbocycles. The van der Waals surface area contributed by atoms with Gasteiger partial charge in [0.25, 0.3) is 0 Å². The Bertz CT molecular complexity index is 257. The second kappa shape index (κ2) is 3.24. The van der Waals surface area contributed by atoms with E-state index in [0.29, 0.717) is 11.9 Å². The molecule has 2 atom stereocenters. The average molecular weight is 183 g/mol. The third-order valence-corrected chi connectivity index (χ3v) is 2.49. The van der Waals surface area contributed by atoms with E-state index in [-0.39, 0.29) is 11.5 Å². The molecule has 13 heavy (non-hydrogen) atoms. The summed E-state index contributed by atoms with van der Waals surface area (Å²) in [5, 5.41) is 2.70. The van der Waals surface area contributed by atoms with Gasteiger partial charge in [0.15, 0.2) is 11.9 Å². The Morgan fingerprint density at radius 3 is 2.38 bits per heavy atom. The summed E-state index contributed by atoms with van der Waals surface area (Å²) in [5.74, 6) is 1.24. The molecule has 0 aromatic heterocycles. The van der Waals surface area contributed by atoms with E-state index in [9.17, 15) is 0 Å². The highest BCUT2D eigenvalue weighted by Crippen LogP contribution is 2.45. The molecule has 0 spiro atoms. The molecule has 1 saturated carbocycles. The van der Waals surface area contributed by atoms with Gasteiger partial charge in [-0.3, -0.25) is 10.3 Å². The van der Waals surface area contributed by atoms with Gasteiger partial charge in [-0.1, -0.05) is 6.92 Å². The van der Waals surface area contributed by atoms with Crippen LogP contribution in [0.4, 0.5) is 0 Å². The maximum Gasteiger partial charge on any atom is 0.195 e. The molecule has 1 aliphatic rings. The number of guanidine groups is 2. The smallest absolute Gasteiger partial charge is 0.195 e. The van der Waals surface area contributed by atoms with E-state index in [4.69, 9.17) is 11.5 Å². The zero-order chi connectivity index (χ0) is 10.1. The van der Waals surface area contributed by atoms with E-state index in [2.05, 4.69) is 29.1 Å². The van der Waals surface area contributed by atoms with Gasteiger partial charge in [0, 0.05) is 7.05 Å². The number of nitrogens with two attached hydrogens (primary N) is 2. The molecular formula is C8H17N5. The SMILES string of the molecule is CN=C(N)NC(N)=NC1(C)CC1C. The highest BCUT2D eigenvalue weighted by atomic mass is 15.2. The zero-order valence-electron chi connectivity index (χ0n) is 8.33. The van der Waals surface area contributed by atoms with Crippen LogP contribution in [0.2, 0.25) is 0 Å². The van der Waals surface area contributed by atoms with Crippen LogP contribution in [0.25, 0.3) is 0 Å². The predicted molar refractivity (Wildman–Crippen MR) is 54.5 cm³/mol. The van der Waals surface area contributed by atoms with Crippen molar-refractivity contribution in [2.45, 2.75) is 25.8 Å². The minimum absolute atomic E-state index is 0.00506. The van der Waals surface area contributed by atoms with Gasteiger partial charge in [-0.25, -0.2) is 4.99 Å². The van der Waals surface area contributed by atoms with Gasteiger partial charge in [0.1, 0.15) is 0 Å². The number of rotatable bonds is 1. The second-order valence-corrected chi connectivity index (χ2v) is 3.69. The lowest BCUT2D eigenvalue weighted by molar-refractivity contribution is 0.684. The Hall–Kier alpha value is -1.26. The van der Waals surface area contributed by atoms with Gasteiger partial charge < -0.3 is 11.5 Å². The predicted octanol–water partition coefficient (Wildman–Crippen LogP) is -0.366. The van der Waals surface area contributed by atoms with E-state index in [0.717, 1.165) is 6.42 Å². The van der Waals surface area contributed by atoms with E-state index in [1.807, 2.05) is 0 Å². The van der Waals surface area contributed by atoms with Crippen LogP contribution in [0.3, 0.4) is 0 Å². The molecule has 0 aliphatic heterocycles. The maximum atomic E-state index is 5.62. The monoisotopic (exact) mass is 183 g/mol. The van der Waals surface area contributed by atoms with E-state index < -0.39 is 0 Å². The van der Waals surface area contributed by atoms with Crippen LogP contribution in [-0.4, -0.2) is 24.5 Å². The Morgan fingerprint density at radius 2 is 2.00 bits per heavy atom. The van der Waals surface area contributed by atoms with Crippen LogP contribution in [-0.2, 0) is 0 Å². The largest absolute Gasteiger partial charge is 0.370 e. The third kappa shape index (κ3) is 2.34. The van der Waals surface area contributed by atoms with Crippen LogP contribution in [0.15, 0.2) is 9.98 Å². The minimum Gasteiger partial charge on any atom is -0.370 e. The van der Waals surface area contributed by atoms with Gasteiger partial charge >= 0.3 is 0 Å². The van der Waals surface area contributed by atoms with Gasteiger partial charge in [-0.05, 0) is 19.3 Å². The molecular weight excluding hydrogens is 166 g/mol. The van der Waals surface area contributed by atoms with Gasteiger partial charge in [-0.2, -0.15) is 0 Å². The summed E-state index contributed by atoms with van der Waals surface area (Å²) in [4.78, 5) is 8.03. The molecule has 1 fully saturated rings. The standard InChI is InChI=1S/C8H17N5/c1-5-4-8(5,2)13-7(10)12-6(9)11-3/h5H,4H2,1-3H3,(H5,9,10,11,12,13). The van der Waals surface area contributed by atoms with Crippen molar-refractivity contribution in [2.24, 2.45) is 27.4 Å². The van der Waals surface area contributed by atoms with Crippen LogP contribution in [0.5, 0.6) is 0 Å². The molecule has 2 unspecified atom stereocenters. The fraction of sp³-hybridized carbons (Fsp3) is 0.750. The number of nitrogens with one attached hydrogen (secondary N) is 1. The number of aliphatic imine (C=N–C) groups is 2. The van der Waals surface area contributed by atoms with E-state index in [1.54, 1.807) is 7.05 Å². The first-order valence-corrected chi connectivity index (χ1v) is 4.32. The molecule has 0 bridgehead atoms. The third-order valence-electron chi connectivity index (χ3n) is 2.49. The quantitative estimate of drug-likeness (QED) is 0.383. The van der Waals surface area contributed by atoms with Gasteiger partial charge in [0.05, 0.1) is 5.54 Å². The van der Waals surface area contributed by atoms with E-state index in [1.165, 1.54) is 0 Å². The maximum absolute atomic E-state index is 5.62. The zero-order valence-corrected chi connectivity index (χ0v) is 8.33. The Morgan fingerprint density at radius 1 is 1.46 bits per heavy atom. The van der Waals surface area contributed by atoms with Crippen LogP contribution in [0, 0.1) is 5.92 Å². The second-order valence-electron chi connectivity index (χ2n) is 3.69. The normalized spacial score (nSPS) is 34.5. The summed E-state index contributed by atoms with van der Waals surface area (Å²) >= 11 is 0. The Kier molecular flexibility index (Phi) is 2.45. The first-order valence-electron chi connectivity index (χ1n) is 4.32. The minimum atomic E-state index is 0.00506. The lowest BCUT2D eigenvalue weighted by Crippen LogP contribution is -2.42. The highest BCUT2D eigenvalue weighted by molar-refractivity contribution is 5.97. The fourth-order valence-electron chi connectivity index (χ4n) is 1.21. The van der Waals surface area contributed by atoms with Crippen molar-refractivity contribution in [3.05, 3.63) is 0 Å². The van der Waals surface area contributed by atoms with Crippen molar-refractivity contribution in [3.63, 3.8) is 0 Å². The summed E-state index contributed by atoms with van der Waals surface area (Å²) in [6.07, 6.45) is 1.08. The molecule has 0 heterocycles. The van der Waals surface area contributed by atoms with Crippen LogP contribution >= 0.6 is 0 Å². The topological polar surface area (TPSA) is 88.8 Å². The molecule has 5 nitrogen and oxygen atoms in total. The van der Waals surface area contributed by atoms with Crippen molar-refractivity contribution < 1.29 is 0 Å². The molecule has 1 rings (SSSR count). The first-order chi connectivity index (χ1) is 5.98. The molecule has 5 N–H and O–H groups in total. The lowest BCUT2D eigenvalue weighted by Gasteiger charge is -2.07. The molecule has 0 aromatic rings. The summed E-state index contributed by atoms with van der Waals surface area (Å²) in [5.41, 5.74) is 11.0. The molecule has 1 aliphatic carbocycles. The highest BCUT2D eigenvalue weighted by Gasteiger charge is 2.46. The van der Waals surface area contributed by atoms with Crippen molar-refractivity contribution in [3.8, 4) is 0 Å². The summed E-state index contributed by atoms with van der Waals surface area (Å²) in [6, 6.07) is 0. The number of hydrogen-bond acceptors (Lipinski definition) is 2. The first kappa shape index (κ1) is 9.83. The van der Waals surface area contributed by atoms with Crippen LogP contribution < -0.4 is 16.8 Å². The van der Waals surface area contributed by atoms with Crippen LogP contribution in [0.1, 0.15) is 20.3 Å². The lowest BCUT2D eigenvalue weighted by atomic mass is 10.3. The number of hydrogen-bond donors (Lipinski definition) is 3. The summed E-state index contributed by atoms with van der Waals surface area (Å²) < 4.78 is 0. The Balaban J connectivity index is 2.53. The fourth-order valence-corrected chi connectivity index (χ4v) is 1.21. The van der Waals surface area contributed by atoms with Crippen molar-refractivity contribution in [2.75, 3.05) is 7.05 Å². The molecule has 0 radical (unpaired) electrons. The Labute approximate surface area is 78.3 Å². The average Bonchev–Trinajstić information content (AvgIpc) is 2.58. The molecule has 5 heteroatoms. The molecule has 0 saturated heterocycles. The van der Waals surface area contributed by atoms with Crippen molar-refractivity contribution in [1.29, 1.82) is 0 Å². The van der Waals surface area contributed by atoms with Gasteiger partial charge in [-0.15, -0.1) is 0 Å². The summed E-state index contributed by atoms with van der Waals surface area (Å²) in [6.45, 7) is 4.22. The van der Waals surface area contributed by atoms with Crippen molar-refractivity contribution >= 4 is 11.9 Å². The van der Waals surface area contributed by atoms with Crippen molar-refractivity contribution in [1.82, 2.24) is 5.32 Å².